The molecule has 1 aromatic rings. The van der Waals surface area contributed by atoms with Gasteiger partial charge in [-0.1, -0.05) is 0 Å². The Labute approximate surface area is 107 Å². The molecule has 7 nitrogen and oxygen atoms in total. The summed E-state index contributed by atoms with van der Waals surface area (Å²) >= 11 is 0. The van der Waals surface area contributed by atoms with Crippen LogP contribution in [-0.4, -0.2) is 45.3 Å². The summed E-state index contributed by atoms with van der Waals surface area (Å²) in [5.41, 5.74) is 4.87. The molecule has 0 amide bonds. The number of aliphatic hydroxyl groups excluding tert-OH is 2. The highest BCUT2D eigenvalue weighted by atomic mass is 19.1. The van der Waals surface area contributed by atoms with Crippen LogP contribution in [0.2, 0.25) is 0 Å². The first-order valence-electron chi connectivity index (χ1n) is 5.63. The molecule has 104 valence electrons. The van der Waals surface area contributed by atoms with Crippen molar-refractivity contribution in [3.63, 3.8) is 0 Å². The molecular formula is C11H14FN3O4. The van der Waals surface area contributed by atoms with Gasteiger partial charge in [-0.2, -0.15) is 4.98 Å². The Hall–Kier alpha value is -1.77. The van der Waals surface area contributed by atoms with Gasteiger partial charge in [-0.25, -0.2) is 9.18 Å². The number of aromatic nitrogens is 2. The summed E-state index contributed by atoms with van der Waals surface area (Å²) in [6.45, 7) is -1.26. The molecule has 0 saturated carbocycles. The van der Waals surface area contributed by atoms with Gasteiger partial charge in [-0.05, 0) is 12.1 Å². The molecular weight excluding hydrogens is 257 g/mol. The van der Waals surface area contributed by atoms with Gasteiger partial charge in [-0.15, -0.1) is 0 Å². The van der Waals surface area contributed by atoms with Crippen LogP contribution in [0.15, 0.2) is 28.7 Å². The average molecular weight is 271 g/mol. The lowest BCUT2D eigenvalue weighted by Gasteiger charge is -2.15. The molecule has 2 heterocycles. The third kappa shape index (κ3) is 2.50. The van der Waals surface area contributed by atoms with Crippen molar-refractivity contribution in [1.29, 1.82) is 0 Å². The number of nitrogens with zero attached hydrogens (tertiary/aromatic N) is 2. The minimum Gasteiger partial charge on any atom is -0.394 e. The zero-order valence-electron chi connectivity index (χ0n) is 9.94. The zero-order valence-corrected chi connectivity index (χ0v) is 9.94. The molecule has 1 aliphatic rings. The standard InChI is InChI=1S/C11H14FN3O4/c12-3-1-6-9(17)7(5-16)19-10(6)15-4-2-8(13)14-11(15)18/h1-2,4,7,9-10,16-17H,3,5H2,(H2,13,14,18)/t7-,9?,10-/m1/s1. The van der Waals surface area contributed by atoms with E-state index in [1.165, 1.54) is 12.3 Å². The molecule has 19 heavy (non-hydrogen) atoms. The van der Waals surface area contributed by atoms with Gasteiger partial charge in [0.05, 0.1) is 6.61 Å². The maximum absolute atomic E-state index is 12.5. The Morgan fingerprint density at radius 2 is 2.37 bits per heavy atom. The summed E-state index contributed by atoms with van der Waals surface area (Å²) in [5.74, 6) is 0.0505. The number of hydrogen-bond donors (Lipinski definition) is 3. The Kier molecular flexibility index (Phi) is 3.93. The normalized spacial score (nSPS) is 29.0. The molecule has 1 fully saturated rings. The van der Waals surface area contributed by atoms with Crippen LogP contribution < -0.4 is 11.4 Å². The number of ether oxygens (including phenoxy) is 1. The second-order valence-electron chi connectivity index (χ2n) is 4.05. The first kappa shape index (κ1) is 13.7. The smallest absolute Gasteiger partial charge is 0.351 e. The van der Waals surface area contributed by atoms with Gasteiger partial charge in [0.1, 0.15) is 24.7 Å². The number of anilines is 1. The Bertz CT molecular complexity index is 545. The highest BCUT2D eigenvalue weighted by Gasteiger charge is 2.39. The molecule has 8 heteroatoms. The second kappa shape index (κ2) is 5.47. The largest absolute Gasteiger partial charge is 0.394 e. The number of aliphatic hydroxyl groups is 2. The predicted molar refractivity (Wildman–Crippen MR) is 64.0 cm³/mol. The van der Waals surface area contributed by atoms with E-state index in [-0.39, 0.29) is 11.4 Å². The third-order valence-electron chi connectivity index (χ3n) is 2.88. The van der Waals surface area contributed by atoms with Crippen molar-refractivity contribution in [3.8, 4) is 0 Å². The predicted octanol–water partition coefficient (Wildman–Crippen LogP) is -1.03. The molecule has 0 radical (unpaired) electrons. The van der Waals surface area contributed by atoms with Crippen molar-refractivity contribution < 1.29 is 19.3 Å². The fourth-order valence-electron chi connectivity index (χ4n) is 1.96. The van der Waals surface area contributed by atoms with Crippen molar-refractivity contribution in [2.24, 2.45) is 0 Å². The zero-order chi connectivity index (χ0) is 14.0. The van der Waals surface area contributed by atoms with E-state index >= 15 is 0 Å². The van der Waals surface area contributed by atoms with E-state index in [4.69, 9.17) is 15.6 Å². The van der Waals surface area contributed by atoms with Gasteiger partial charge in [-0.3, -0.25) is 4.57 Å². The minimum absolute atomic E-state index is 0.0505. The quantitative estimate of drug-likeness (QED) is 0.606. The summed E-state index contributed by atoms with van der Waals surface area (Å²) in [4.78, 5) is 15.2. The van der Waals surface area contributed by atoms with Crippen LogP contribution >= 0.6 is 0 Å². The topological polar surface area (TPSA) is 111 Å². The fraction of sp³-hybridized carbons (Fsp3) is 0.455. The summed E-state index contributed by atoms with van der Waals surface area (Å²) in [6, 6.07) is 1.39. The highest BCUT2D eigenvalue weighted by Crippen LogP contribution is 2.33. The summed E-state index contributed by atoms with van der Waals surface area (Å²) in [7, 11) is 0. The van der Waals surface area contributed by atoms with Crippen molar-refractivity contribution in [2.45, 2.75) is 18.4 Å². The number of alkyl halides is 1. The summed E-state index contributed by atoms with van der Waals surface area (Å²) in [6.07, 6.45) is -0.618. The monoisotopic (exact) mass is 271 g/mol. The van der Waals surface area contributed by atoms with Crippen LogP contribution in [0.3, 0.4) is 0 Å². The number of nitrogen functional groups attached to an aromatic ring is 1. The molecule has 0 bridgehead atoms. The Balaban J connectivity index is 2.42. The lowest BCUT2D eigenvalue weighted by atomic mass is 10.1. The van der Waals surface area contributed by atoms with Crippen LogP contribution in [0.25, 0.3) is 0 Å². The van der Waals surface area contributed by atoms with Crippen molar-refractivity contribution >= 4 is 5.82 Å². The van der Waals surface area contributed by atoms with E-state index in [0.29, 0.717) is 0 Å². The number of allylic oxidation sites excluding steroid dienone is 1. The lowest BCUT2D eigenvalue weighted by molar-refractivity contribution is -0.0447. The number of rotatable bonds is 3. The molecule has 4 N–H and O–H groups in total. The highest BCUT2D eigenvalue weighted by molar-refractivity contribution is 5.25. The lowest BCUT2D eigenvalue weighted by Crippen LogP contribution is -2.28. The van der Waals surface area contributed by atoms with Crippen LogP contribution in [-0.2, 0) is 4.74 Å². The van der Waals surface area contributed by atoms with Gasteiger partial charge in [0, 0.05) is 11.8 Å². The Morgan fingerprint density at radius 3 is 2.95 bits per heavy atom. The second-order valence-corrected chi connectivity index (χ2v) is 4.05. The fourth-order valence-corrected chi connectivity index (χ4v) is 1.96. The van der Waals surface area contributed by atoms with Crippen molar-refractivity contribution in [2.75, 3.05) is 19.0 Å². The third-order valence-corrected chi connectivity index (χ3v) is 2.88. The molecule has 1 saturated heterocycles. The van der Waals surface area contributed by atoms with E-state index in [2.05, 4.69) is 4.98 Å². The van der Waals surface area contributed by atoms with E-state index in [0.717, 1.165) is 10.6 Å². The van der Waals surface area contributed by atoms with Gasteiger partial charge >= 0.3 is 5.69 Å². The minimum atomic E-state index is -1.17. The van der Waals surface area contributed by atoms with Crippen LogP contribution in [0.4, 0.5) is 10.2 Å². The van der Waals surface area contributed by atoms with E-state index in [1.54, 1.807) is 0 Å². The van der Waals surface area contributed by atoms with E-state index in [1.807, 2.05) is 0 Å². The molecule has 2 rings (SSSR count). The molecule has 0 spiro atoms. The molecule has 1 aliphatic heterocycles. The first-order valence-corrected chi connectivity index (χ1v) is 5.63. The maximum atomic E-state index is 12.5. The Morgan fingerprint density at radius 1 is 1.63 bits per heavy atom. The molecule has 1 aromatic heterocycles. The van der Waals surface area contributed by atoms with Crippen molar-refractivity contribution in [1.82, 2.24) is 9.55 Å². The van der Waals surface area contributed by atoms with Gasteiger partial charge in [0.25, 0.3) is 0 Å². The van der Waals surface area contributed by atoms with Gasteiger partial charge in [0.15, 0.2) is 6.23 Å². The van der Waals surface area contributed by atoms with E-state index < -0.39 is 37.4 Å². The number of nitrogens with two attached hydrogens (primary N) is 1. The average Bonchev–Trinajstić information content (AvgIpc) is 2.68. The first-order chi connectivity index (χ1) is 9.08. The molecule has 0 aromatic carbocycles. The summed E-state index contributed by atoms with van der Waals surface area (Å²) < 4.78 is 18.9. The van der Waals surface area contributed by atoms with Gasteiger partial charge < -0.3 is 20.7 Å². The maximum Gasteiger partial charge on any atom is 0.351 e. The molecule has 1 unspecified atom stereocenters. The van der Waals surface area contributed by atoms with Crippen LogP contribution in [0, 0.1) is 0 Å². The molecule has 0 aliphatic carbocycles. The van der Waals surface area contributed by atoms with Gasteiger partial charge in [0.2, 0.25) is 0 Å². The van der Waals surface area contributed by atoms with Crippen LogP contribution in [0.5, 0.6) is 0 Å². The number of hydrogen-bond acceptors (Lipinski definition) is 6. The van der Waals surface area contributed by atoms with Crippen molar-refractivity contribution in [3.05, 3.63) is 34.4 Å². The number of halogens is 1. The summed E-state index contributed by atoms with van der Waals surface area (Å²) in [5, 5.41) is 18.9. The van der Waals surface area contributed by atoms with Crippen LogP contribution in [0.1, 0.15) is 6.23 Å². The SMILES string of the molecule is Nc1ccn([C@@H]2O[C@H](CO)C(O)C2=CCF)c(=O)n1. The molecule has 3 atom stereocenters. The van der Waals surface area contributed by atoms with E-state index in [9.17, 15) is 14.3 Å².